The third-order valence-electron chi connectivity index (χ3n) is 8.20. The number of rotatable bonds is 6. The number of esters is 1. The third-order valence-corrected chi connectivity index (χ3v) is 8.20. The highest BCUT2D eigenvalue weighted by atomic mass is 19.1. The zero-order valence-electron chi connectivity index (χ0n) is 25.7. The fourth-order valence-corrected chi connectivity index (χ4v) is 6.03. The summed E-state index contributed by atoms with van der Waals surface area (Å²) in [5, 5.41) is 23.2. The normalized spacial score (nSPS) is 19.7. The number of nitrogens with zero attached hydrogens (tertiary/aromatic N) is 2. The van der Waals surface area contributed by atoms with E-state index in [0.717, 1.165) is 6.07 Å². The lowest BCUT2D eigenvalue weighted by atomic mass is 9.96. The number of halogens is 1. The van der Waals surface area contributed by atoms with Crippen LogP contribution in [0.2, 0.25) is 0 Å². The number of hydrogen-bond acceptors (Lipinski definition) is 10. The number of nitrogens with one attached hydrogen (secondary N) is 1. The monoisotopic (exact) mass is 625 g/mol. The van der Waals surface area contributed by atoms with E-state index in [2.05, 4.69) is 5.32 Å². The third kappa shape index (κ3) is 5.33. The van der Waals surface area contributed by atoms with Crippen molar-refractivity contribution >= 4 is 28.7 Å². The van der Waals surface area contributed by atoms with E-state index >= 15 is 4.39 Å². The van der Waals surface area contributed by atoms with Gasteiger partial charge >= 0.3 is 12.1 Å². The number of aliphatic hydroxyl groups is 2. The molecule has 13 heteroatoms. The number of benzene rings is 2. The van der Waals surface area contributed by atoms with Gasteiger partial charge in [-0.25, -0.2) is 14.0 Å². The molecule has 45 heavy (non-hydrogen) atoms. The molecule has 240 valence electrons. The number of ether oxygens (including phenoxy) is 4. The molecule has 2 aromatic carbocycles. The Balaban J connectivity index is 1.49. The molecule has 0 spiro atoms. The lowest BCUT2D eigenvalue weighted by Gasteiger charge is -2.30. The topological polar surface area (TPSA) is 149 Å². The molecule has 0 aliphatic carbocycles. The van der Waals surface area contributed by atoms with Crippen LogP contribution in [0.15, 0.2) is 29.2 Å². The van der Waals surface area contributed by atoms with Crippen LogP contribution >= 0.6 is 0 Å². The van der Waals surface area contributed by atoms with Crippen molar-refractivity contribution in [3.05, 3.63) is 51.6 Å². The highest BCUT2D eigenvalue weighted by molar-refractivity contribution is 6.00. The number of anilines is 1. The molecular weight excluding hydrogens is 589 g/mol. The number of hydrogen-bond donors (Lipinski definition) is 3. The van der Waals surface area contributed by atoms with Gasteiger partial charge in [-0.15, -0.1) is 0 Å². The molecule has 3 atom stereocenters. The molecule has 3 aliphatic rings. The molecule has 6 rings (SSSR count). The quantitative estimate of drug-likeness (QED) is 0.272. The fraction of sp³-hybridized carbons (Fsp3) is 0.469. The summed E-state index contributed by atoms with van der Waals surface area (Å²) in [6.45, 7) is 8.49. The lowest BCUT2D eigenvalue weighted by Crippen LogP contribution is -2.45. The van der Waals surface area contributed by atoms with Crippen LogP contribution in [0.3, 0.4) is 0 Å². The SMILES string of the molecule is CCOC(=O)c1cn2c3c(c(N4CC[C@H](NC(=O)OC(C)(C)C)C4)c(F)cc3c1=O)Oc1ccc3c(c1-2)O[C@@H]([C@](C)(O)CO)C3. The molecule has 12 nitrogen and oxygen atoms in total. The van der Waals surface area contributed by atoms with Crippen molar-refractivity contribution in [2.24, 2.45) is 0 Å². The molecule has 3 N–H and O–H groups in total. The number of pyridine rings is 1. The Bertz CT molecular complexity index is 1780. The van der Waals surface area contributed by atoms with Gasteiger partial charge in [0.15, 0.2) is 23.1 Å². The van der Waals surface area contributed by atoms with E-state index in [1.165, 1.54) is 13.1 Å². The molecule has 1 amide bonds. The number of aliphatic hydroxyl groups excluding tert-OH is 1. The summed E-state index contributed by atoms with van der Waals surface area (Å²) in [4.78, 5) is 40.7. The lowest BCUT2D eigenvalue weighted by molar-refractivity contribution is -0.0729. The van der Waals surface area contributed by atoms with Gasteiger partial charge in [0.05, 0.1) is 24.6 Å². The molecule has 1 saturated heterocycles. The standard InChI is InChI=1S/C32H36FN3O9/c1-6-42-29(39)19-14-36-23-18(26(19)38)12-20(33)24(35-10-9-17(13-35)34-30(40)45-31(2,3)4)28(23)43-21-8-7-16-11-22(32(5,41)15-37)44-27(16)25(21)36/h7-8,12,14,17,22,37,41H,6,9-11,13,15H2,1-5H3,(H,34,40)/t17-,22+,32+/m0/s1. The number of alkyl carbamates (subject to hydrolysis) is 1. The van der Waals surface area contributed by atoms with Gasteiger partial charge in [-0.3, -0.25) is 4.79 Å². The Morgan fingerprint density at radius 1 is 1.18 bits per heavy atom. The van der Waals surface area contributed by atoms with Crippen LogP contribution in [0.1, 0.15) is 57.0 Å². The molecule has 4 heterocycles. The first-order valence-corrected chi connectivity index (χ1v) is 14.9. The highest BCUT2D eigenvalue weighted by Gasteiger charge is 2.42. The Morgan fingerprint density at radius 2 is 1.93 bits per heavy atom. The minimum absolute atomic E-state index is 0.0262. The van der Waals surface area contributed by atoms with E-state index in [9.17, 15) is 24.6 Å². The van der Waals surface area contributed by atoms with E-state index in [0.29, 0.717) is 30.0 Å². The van der Waals surface area contributed by atoms with E-state index < -0.39 is 47.2 Å². The van der Waals surface area contributed by atoms with E-state index in [4.69, 9.17) is 18.9 Å². The van der Waals surface area contributed by atoms with Gasteiger partial charge in [0.1, 0.15) is 39.8 Å². The highest BCUT2D eigenvalue weighted by Crippen LogP contribution is 2.52. The van der Waals surface area contributed by atoms with Crippen LogP contribution in [0.4, 0.5) is 14.9 Å². The van der Waals surface area contributed by atoms with Crippen molar-refractivity contribution in [3.8, 4) is 22.9 Å². The maximum absolute atomic E-state index is 16.1. The maximum Gasteiger partial charge on any atom is 0.407 e. The van der Waals surface area contributed by atoms with E-state index in [1.807, 2.05) is 0 Å². The van der Waals surface area contributed by atoms with Gasteiger partial charge in [-0.1, -0.05) is 6.07 Å². The van der Waals surface area contributed by atoms with Crippen LogP contribution in [0.5, 0.6) is 17.2 Å². The Morgan fingerprint density at radius 3 is 2.62 bits per heavy atom. The van der Waals surface area contributed by atoms with Gasteiger partial charge in [0.2, 0.25) is 5.43 Å². The van der Waals surface area contributed by atoms with Gasteiger partial charge in [-0.05, 0) is 53.2 Å². The van der Waals surface area contributed by atoms with Crippen molar-refractivity contribution in [2.45, 2.75) is 70.8 Å². The van der Waals surface area contributed by atoms with Crippen LogP contribution in [0, 0.1) is 5.82 Å². The second kappa shape index (κ2) is 10.9. The van der Waals surface area contributed by atoms with Crippen molar-refractivity contribution in [2.75, 3.05) is 31.2 Å². The first-order valence-electron chi connectivity index (χ1n) is 14.9. The first kappa shape index (κ1) is 30.7. The molecule has 1 fully saturated rings. The van der Waals surface area contributed by atoms with Crippen molar-refractivity contribution in [1.82, 2.24) is 9.88 Å². The first-order chi connectivity index (χ1) is 21.2. The molecule has 0 saturated carbocycles. The fourth-order valence-electron chi connectivity index (χ4n) is 6.03. The summed E-state index contributed by atoms with van der Waals surface area (Å²) in [7, 11) is 0. The van der Waals surface area contributed by atoms with Crippen molar-refractivity contribution in [1.29, 1.82) is 0 Å². The van der Waals surface area contributed by atoms with Gasteiger partial charge < -0.3 is 43.9 Å². The number of carbonyl (C=O) groups is 2. The molecule has 0 unspecified atom stereocenters. The largest absolute Gasteiger partial charge is 0.484 e. The second-order valence-corrected chi connectivity index (χ2v) is 12.8. The molecule has 3 aromatic rings. The zero-order chi connectivity index (χ0) is 32.4. The summed E-state index contributed by atoms with van der Waals surface area (Å²) in [6, 6.07) is 4.19. The van der Waals surface area contributed by atoms with Crippen LogP contribution < -0.4 is 25.1 Å². The van der Waals surface area contributed by atoms with Crippen molar-refractivity contribution in [3.63, 3.8) is 0 Å². The Labute approximate surface area is 258 Å². The molecule has 3 aliphatic heterocycles. The van der Waals surface area contributed by atoms with Gasteiger partial charge in [-0.2, -0.15) is 0 Å². The average molecular weight is 626 g/mol. The maximum atomic E-state index is 16.1. The molecule has 1 aromatic heterocycles. The van der Waals surface area contributed by atoms with E-state index in [1.54, 1.807) is 49.3 Å². The number of fused-ring (bicyclic) bond motifs is 4. The summed E-state index contributed by atoms with van der Waals surface area (Å²) >= 11 is 0. The van der Waals surface area contributed by atoms with E-state index in [-0.39, 0.29) is 59.3 Å². The number of carbonyl (C=O) groups excluding carboxylic acids is 2. The summed E-state index contributed by atoms with van der Waals surface area (Å²) in [5.41, 5.74) is -1.87. The van der Waals surface area contributed by atoms with Crippen molar-refractivity contribution < 1.29 is 43.1 Å². The summed E-state index contributed by atoms with van der Waals surface area (Å²) in [5.74, 6) is -0.928. The number of aromatic nitrogens is 1. The number of amides is 1. The predicted octanol–water partition coefficient (Wildman–Crippen LogP) is 3.56. The smallest absolute Gasteiger partial charge is 0.407 e. The van der Waals surface area contributed by atoms with Crippen LogP contribution in [0.25, 0.3) is 16.6 Å². The average Bonchev–Trinajstić information content (AvgIpc) is 3.61. The molecule has 0 radical (unpaired) electrons. The predicted molar refractivity (Wildman–Crippen MR) is 161 cm³/mol. The Hall–Kier alpha value is -4.36. The van der Waals surface area contributed by atoms with Crippen LogP contribution in [-0.2, 0) is 15.9 Å². The molecular formula is C32H36FN3O9. The minimum Gasteiger partial charge on any atom is -0.484 e. The Kier molecular flexibility index (Phi) is 7.44. The van der Waals surface area contributed by atoms with Crippen LogP contribution in [-0.4, -0.2) is 76.5 Å². The molecule has 0 bridgehead atoms. The summed E-state index contributed by atoms with van der Waals surface area (Å²) < 4.78 is 40.7. The summed E-state index contributed by atoms with van der Waals surface area (Å²) in [6.07, 6.45) is 0.772. The zero-order valence-corrected chi connectivity index (χ0v) is 25.7. The van der Waals surface area contributed by atoms with Gasteiger partial charge in [0, 0.05) is 31.3 Å². The van der Waals surface area contributed by atoms with Gasteiger partial charge in [0.25, 0.3) is 0 Å². The second-order valence-electron chi connectivity index (χ2n) is 12.8. The minimum atomic E-state index is -1.55.